The van der Waals surface area contributed by atoms with Gasteiger partial charge in [0.2, 0.25) is 0 Å². The number of carbonyl (C=O) groups is 1. The molecule has 0 bridgehead atoms. The van der Waals surface area contributed by atoms with E-state index in [2.05, 4.69) is 22.1 Å². The van der Waals surface area contributed by atoms with E-state index in [4.69, 9.17) is 4.74 Å². The highest BCUT2D eigenvalue weighted by atomic mass is 32.2. The Balaban J connectivity index is 1.89. The summed E-state index contributed by atoms with van der Waals surface area (Å²) in [5, 5.41) is 12.8. The van der Waals surface area contributed by atoms with Crippen LogP contribution in [0.3, 0.4) is 0 Å². The number of allylic oxidation sites excluding steroid dienone is 1. The molecule has 0 fully saturated rings. The monoisotopic (exact) mass is 412 g/mol. The molecule has 3 heterocycles. The standard InChI is InChI=1S/C23H28N2O3S/c1-23(2,3)24(4)22(27)17-12-16(20-7-6-10-29-20)21-15-13-18(26)19(28-5)11-14(15)8-9-25(17)21/h6,10-13,20,26H,7-9H2,1-5H3. The molecular formula is C23H28N2O3S. The molecular weight excluding hydrogens is 384 g/mol. The molecule has 0 radical (unpaired) electrons. The number of aromatic nitrogens is 1. The van der Waals surface area contributed by atoms with Gasteiger partial charge in [0.05, 0.1) is 12.8 Å². The number of rotatable bonds is 3. The lowest BCUT2D eigenvalue weighted by Crippen LogP contribution is -2.43. The molecule has 4 rings (SSSR count). The van der Waals surface area contributed by atoms with Gasteiger partial charge >= 0.3 is 0 Å². The lowest BCUT2D eigenvalue weighted by atomic mass is 9.94. The second kappa shape index (κ2) is 7.17. The van der Waals surface area contributed by atoms with E-state index < -0.39 is 0 Å². The predicted molar refractivity (Wildman–Crippen MR) is 118 cm³/mol. The number of aryl methyl sites for hydroxylation is 1. The Kier molecular flexibility index (Phi) is 4.93. The Morgan fingerprint density at radius 1 is 1.31 bits per heavy atom. The SMILES string of the molecule is COc1cc2c(cc1O)-c1c(C3CC=CS3)cc(C(=O)N(C)C(C)(C)C)n1CC2. The Hall–Kier alpha value is -2.34. The summed E-state index contributed by atoms with van der Waals surface area (Å²) in [6, 6.07) is 5.78. The van der Waals surface area contributed by atoms with Crippen molar-refractivity contribution in [3.8, 4) is 22.8 Å². The van der Waals surface area contributed by atoms with Gasteiger partial charge in [0.1, 0.15) is 5.69 Å². The molecule has 1 unspecified atom stereocenters. The number of phenolic OH excluding ortho intramolecular Hbond substituents is 1. The summed E-state index contributed by atoms with van der Waals surface area (Å²) in [4.78, 5) is 15.2. The van der Waals surface area contributed by atoms with Gasteiger partial charge in [0, 0.05) is 29.9 Å². The zero-order valence-electron chi connectivity index (χ0n) is 17.7. The molecule has 1 aromatic heterocycles. The fraction of sp³-hybridized carbons (Fsp3) is 0.435. The fourth-order valence-electron chi connectivity index (χ4n) is 4.02. The number of aromatic hydroxyl groups is 1. The normalized spacial score (nSPS) is 17.8. The van der Waals surface area contributed by atoms with E-state index in [1.165, 1.54) is 0 Å². The molecule has 0 aliphatic carbocycles. The predicted octanol–water partition coefficient (Wildman–Crippen LogP) is 4.99. The second-order valence-corrected chi connectivity index (χ2v) is 9.80. The van der Waals surface area contributed by atoms with E-state index in [0.717, 1.165) is 47.5 Å². The number of hydrogen-bond acceptors (Lipinski definition) is 4. The third-order valence-corrected chi connectivity index (χ3v) is 7.08. The molecule has 1 amide bonds. The molecule has 5 nitrogen and oxygen atoms in total. The van der Waals surface area contributed by atoms with Crippen LogP contribution in [0.1, 0.15) is 54.1 Å². The number of methoxy groups -OCH3 is 1. The first-order valence-corrected chi connectivity index (χ1v) is 10.9. The smallest absolute Gasteiger partial charge is 0.270 e. The van der Waals surface area contributed by atoms with Gasteiger partial charge in [-0.3, -0.25) is 4.79 Å². The van der Waals surface area contributed by atoms with Crippen molar-refractivity contribution >= 4 is 17.7 Å². The molecule has 0 saturated carbocycles. The molecule has 6 heteroatoms. The third kappa shape index (κ3) is 3.33. The third-order valence-electron chi connectivity index (χ3n) is 5.96. The van der Waals surface area contributed by atoms with Crippen LogP contribution in [-0.4, -0.2) is 40.2 Å². The minimum absolute atomic E-state index is 0.0298. The number of thioether (sulfide) groups is 1. The van der Waals surface area contributed by atoms with Gasteiger partial charge in [-0.25, -0.2) is 0 Å². The highest BCUT2D eigenvalue weighted by molar-refractivity contribution is 8.02. The number of amides is 1. The van der Waals surface area contributed by atoms with Crippen molar-refractivity contribution in [2.24, 2.45) is 0 Å². The number of ether oxygens (including phenoxy) is 1. The quantitative estimate of drug-likeness (QED) is 0.772. The van der Waals surface area contributed by atoms with Crippen molar-refractivity contribution in [2.75, 3.05) is 14.2 Å². The molecule has 2 aliphatic rings. The van der Waals surface area contributed by atoms with Crippen LogP contribution in [0.2, 0.25) is 0 Å². The number of benzene rings is 1. The van der Waals surface area contributed by atoms with Gasteiger partial charge in [-0.05, 0) is 68.3 Å². The lowest BCUT2D eigenvalue weighted by molar-refractivity contribution is 0.0644. The molecule has 0 spiro atoms. The number of nitrogens with zero attached hydrogens (tertiary/aromatic N) is 2. The summed E-state index contributed by atoms with van der Waals surface area (Å²) in [6.45, 7) is 6.87. The molecule has 0 saturated heterocycles. The Bertz CT molecular complexity index is 993. The first kappa shape index (κ1) is 20.0. The van der Waals surface area contributed by atoms with Crippen LogP contribution in [0.15, 0.2) is 29.7 Å². The summed E-state index contributed by atoms with van der Waals surface area (Å²) in [5.74, 6) is 0.650. The molecule has 1 N–H and O–H groups in total. The summed E-state index contributed by atoms with van der Waals surface area (Å²) < 4.78 is 7.46. The highest BCUT2D eigenvalue weighted by Crippen LogP contribution is 2.48. The summed E-state index contributed by atoms with van der Waals surface area (Å²) in [5.41, 5.74) is 4.82. The van der Waals surface area contributed by atoms with Crippen LogP contribution in [0.4, 0.5) is 0 Å². The first-order chi connectivity index (χ1) is 13.7. The molecule has 1 atom stereocenters. The van der Waals surface area contributed by atoms with Crippen molar-refractivity contribution in [3.63, 3.8) is 0 Å². The van der Waals surface area contributed by atoms with Gasteiger partial charge in [0.25, 0.3) is 5.91 Å². The zero-order chi connectivity index (χ0) is 20.9. The van der Waals surface area contributed by atoms with Gasteiger partial charge in [-0.1, -0.05) is 6.08 Å². The minimum Gasteiger partial charge on any atom is -0.504 e. The van der Waals surface area contributed by atoms with Crippen molar-refractivity contribution in [1.82, 2.24) is 9.47 Å². The maximum absolute atomic E-state index is 13.4. The summed E-state index contributed by atoms with van der Waals surface area (Å²) >= 11 is 1.79. The summed E-state index contributed by atoms with van der Waals surface area (Å²) in [6.07, 6.45) is 3.92. The lowest BCUT2D eigenvalue weighted by Gasteiger charge is -2.32. The first-order valence-electron chi connectivity index (χ1n) is 9.94. The average molecular weight is 413 g/mol. The van der Waals surface area contributed by atoms with E-state index in [0.29, 0.717) is 5.75 Å². The van der Waals surface area contributed by atoms with Crippen LogP contribution in [0, 0.1) is 0 Å². The fourth-order valence-corrected chi connectivity index (χ4v) is 4.98. The van der Waals surface area contributed by atoms with Gasteiger partial charge < -0.3 is 19.3 Å². The van der Waals surface area contributed by atoms with E-state index in [1.54, 1.807) is 29.8 Å². The van der Waals surface area contributed by atoms with E-state index >= 15 is 0 Å². The van der Waals surface area contributed by atoms with Crippen LogP contribution >= 0.6 is 11.8 Å². The maximum Gasteiger partial charge on any atom is 0.270 e. The van der Waals surface area contributed by atoms with Crippen molar-refractivity contribution in [3.05, 3.63) is 46.5 Å². The van der Waals surface area contributed by atoms with Crippen molar-refractivity contribution in [2.45, 2.75) is 50.9 Å². The maximum atomic E-state index is 13.4. The molecule has 154 valence electrons. The Morgan fingerprint density at radius 3 is 2.69 bits per heavy atom. The minimum atomic E-state index is -0.260. The van der Waals surface area contributed by atoms with Crippen LogP contribution in [-0.2, 0) is 13.0 Å². The van der Waals surface area contributed by atoms with E-state index in [9.17, 15) is 9.90 Å². The molecule has 2 aromatic rings. The van der Waals surface area contributed by atoms with Crippen molar-refractivity contribution < 1.29 is 14.6 Å². The average Bonchev–Trinajstić information content (AvgIpc) is 3.33. The van der Waals surface area contributed by atoms with Gasteiger partial charge in [-0.2, -0.15) is 0 Å². The number of phenols is 1. The summed E-state index contributed by atoms with van der Waals surface area (Å²) in [7, 11) is 3.43. The number of fused-ring (bicyclic) bond motifs is 3. The number of hydrogen-bond donors (Lipinski definition) is 1. The molecule has 2 aliphatic heterocycles. The molecule has 29 heavy (non-hydrogen) atoms. The van der Waals surface area contributed by atoms with E-state index in [-0.39, 0.29) is 22.4 Å². The van der Waals surface area contributed by atoms with Crippen LogP contribution in [0.25, 0.3) is 11.3 Å². The highest BCUT2D eigenvalue weighted by Gasteiger charge is 2.33. The van der Waals surface area contributed by atoms with E-state index in [1.807, 2.05) is 33.9 Å². The van der Waals surface area contributed by atoms with Gasteiger partial charge in [-0.15, -0.1) is 11.8 Å². The van der Waals surface area contributed by atoms with Crippen molar-refractivity contribution in [1.29, 1.82) is 0 Å². The zero-order valence-corrected chi connectivity index (χ0v) is 18.5. The Labute approximate surface area is 176 Å². The topological polar surface area (TPSA) is 54.7 Å². The van der Waals surface area contributed by atoms with Crippen LogP contribution in [0.5, 0.6) is 11.5 Å². The largest absolute Gasteiger partial charge is 0.504 e. The van der Waals surface area contributed by atoms with Crippen LogP contribution < -0.4 is 4.74 Å². The second-order valence-electron chi connectivity index (χ2n) is 8.68. The van der Waals surface area contributed by atoms with Gasteiger partial charge in [0.15, 0.2) is 11.5 Å². The Morgan fingerprint density at radius 2 is 2.07 bits per heavy atom. The number of carbonyl (C=O) groups excluding carboxylic acids is 1. The molecule has 1 aromatic carbocycles.